The second kappa shape index (κ2) is 10.6. The van der Waals surface area contributed by atoms with Crippen molar-refractivity contribution >= 4 is 5.91 Å². The largest absolute Gasteiger partial charge is 0.494 e. The molecule has 1 amide bonds. The number of benzene rings is 1. The van der Waals surface area contributed by atoms with Gasteiger partial charge in [0.15, 0.2) is 0 Å². The van der Waals surface area contributed by atoms with E-state index >= 15 is 0 Å². The fourth-order valence-electron chi connectivity index (χ4n) is 4.97. The van der Waals surface area contributed by atoms with Gasteiger partial charge in [0.25, 0.3) is 5.91 Å². The summed E-state index contributed by atoms with van der Waals surface area (Å²) in [5.74, 6) is 1.04. The van der Waals surface area contributed by atoms with Gasteiger partial charge in [-0.05, 0) is 76.5 Å². The average Bonchev–Trinajstić information content (AvgIpc) is 3.45. The molecule has 1 unspecified atom stereocenters. The van der Waals surface area contributed by atoms with Gasteiger partial charge in [0.2, 0.25) is 0 Å². The van der Waals surface area contributed by atoms with Crippen LogP contribution < -0.4 is 4.74 Å². The zero-order valence-corrected chi connectivity index (χ0v) is 18.6. The molecule has 0 bridgehead atoms. The van der Waals surface area contributed by atoms with E-state index in [1.807, 2.05) is 24.3 Å². The van der Waals surface area contributed by atoms with Crippen LogP contribution in [0, 0.1) is 0 Å². The summed E-state index contributed by atoms with van der Waals surface area (Å²) in [6.45, 7) is 10.8. The van der Waals surface area contributed by atoms with Crippen LogP contribution in [0.1, 0.15) is 42.5 Å². The Labute approximate surface area is 181 Å². The van der Waals surface area contributed by atoms with Crippen molar-refractivity contribution in [3.63, 3.8) is 0 Å². The first kappa shape index (κ1) is 21.6. The molecule has 6 heteroatoms. The Bertz CT molecular complexity index is 666. The third kappa shape index (κ3) is 5.74. The third-order valence-electron chi connectivity index (χ3n) is 6.89. The van der Waals surface area contributed by atoms with Gasteiger partial charge in [-0.1, -0.05) is 0 Å². The number of likely N-dealkylation sites (tertiary alicyclic amines) is 2. The molecular weight excluding hydrogens is 376 g/mol. The Morgan fingerprint density at radius 1 is 0.933 bits per heavy atom. The van der Waals surface area contributed by atoms with E-state index in [2.05, 4.69) is 26.6 Å². The molecule has 3 heterocycles. The highest BCUT2D eigenvalue weighted by Crippen LogP contribution is 2.23. The van der Waals surface area contributed by atoms with Gasteiger partial charge < -0.3 is 24.3 Å². The molecular formula is C24H38N4O2. The number of amides is 1. The first-order valence-corrected chi connectivity index (χ1v) is 11.9. The molecule has 4 rings (SSSR count). The minimum absolute atomic E-state index is 0.179. The molecule has 3 aliphatic rings. The summed E-state index contributed by atoms with van der Waals surface area (Å²) in [5.41, 5.74) is 0.785. The normalized spacial score (nSPS) is 23.9. The first-order valence-electron chi connectivity index (χ1n) is 11.9. The minimum atomic E-state index is 0.179. The van der Waals surface area contributed by atoms with Gasteiger partial charge in [-0.15, -0.1) is 0 Å². The smallest absolute Gasteiger partial charge is 0.254 e. The molecule has 0 radical (unpaired) electrons. The Balaban J connectivity index is 1.21. The van der Waals surface area contributed by atoms with E-state index in [9.17, 15) is 4.79 Å². The van der Waals surface area contributed by atoms with Gasteiger partial charge in [-0.2, -0.15) is 0 Å². The van der Waals surface area contributed by atoms with Crippen LogP contribution in [0.15, 0.2) is 24.3 Å². The molecule has 1 atom stereocenters. The molecule has 1 aromatic carbocycles. The molecule has 3 saturated heterocycles. The molecule has 6 nitrogen and oxygen atoms in total. The molecule has 0 saturated carbocycles. The van der Waals surface area contributed by atoms with Crippen LogP contribution in [-0.2, 0) is 0 Å². The van der Waals surface area contributed by atoms with E-state index in [0.717, 1.165) is 83.0 Å². The van der Waals surface area contributed by atoms with Crippen LogP contribution in [0.3, 0.4) is 0 Å². The molecule has 0 aromatic heterocycles. The van der Waals surface area contributed by atoms with Gasteiger partial charge in [0.1, 0.15) is 5.75 Å². The molecule has 0 aliphatic carbocycles. The SMILES string of the molecule is CN1CCN(CCCOc2ccc(C(=O)N3CCCC3CN3CCCC3)cc2)CC1. The number of piperazine rings is 1. The lowest BCUT2D eigenvalue weighted by atomic mass is 10.1. The Morgan fingerprint density at radius 2 is 1.67 bits per heavy atom. The number of carbonyl (C=O) groups is 1. The summed E-state index contributed by atoms with van der Waals surface area (Å²) in [7, 11) is 2.19. The number of ether oxygens (including phenoxy) is 1. The second-order valence-electron chi connectivity index (χ2n) is 9.17. The zero-order valence-electron chi connectivity index (χ0n) is 18.6. The lowest BCUT2D eigenvalue weighted by Crippen LogP contribution is -2.44. The van der Waals surface area contributed by atoms with Gasteiger partial charge in [0, 0.05) is 57.4 Å². The summed E-state index contributed by atoms with van der Waals surface area (Å²) in [5, 5.41) is 0. The Morgan fingerprint density at radius 3 is 2.40 bits per heavy atom. The van der Waals surface area contributed by atoms with Crippen molar-refractivity contribution in [1.82, 2.24) is 19.6 Å². The summed E-state index contributed by atoms with van der Waals surface area (Å²) < 4.78 is 5.92. The van der Waals surface area contributed by atoms with Crippen molar-refractivity contribution in [3.05, 3.63) is 29.8 Å². The van der Waals surface area contributed by atoms with Crippen LogP contribution in [0.5, 0.6) is 5.75 Å². The van der Waals surface area contributed by atoms with Crippen LogP contribution >= 0.6 is 0 Å². The van der Waals surface area contributed by atoms with Crippen LogP contribution in [0.2, 0.25) is 0 Å². The van der Waals surface area contributed by atoms with Gasteiger partial charge in [-0.3, -0.25) is 4.79 Å². The lowest BCUT2D eigenvalue weighted by molar-refractivity contribution is 0.0708. The maximum Gasteiger partial charge on any atom is 0.254 e. The highest BCUT2D eigenvalue weighted by Gasteiger charge is 2.31. The molecule has 1 aromatic rings. The average molecular weight is 415 g/mol. The summed E-state index contributed by atoms with van der Waals surface area (Å²) >= 11 is 0. The van der Waals surface area contributed by atoms with Crippen molar-refractivity contribution in [3.8, 4) is 5.75 Å². The monoisotopic (exact) mass is 414 g/mol. The quantitative estimate of drug-likeness (QED) is 0.611. The number of likely N-dealkylation sites (N-methyl/N-ethyl adjacent to an activating group) is 1. The number of carbonyl (C=O) groups excluding carboxylic acids is 1. The van der Waals surface area contributed by atoms with Crippen molar-refractivity contribution in [2.24, 2.45) is 0 Å². The number of hydrogen-bond donors (Lipinski definition) is 0. The van der Waals surface area contributed by atoms with Crippen molar-refractivity contribution < 1.29 is 9.53 Å². The van der Waals surface area contributed by atoms with Crippen LogP contribution in [0.4, 0.5) is 0 Å². The minimum Gasteiger partial charge on any atom is -0.494 e. The maximum absolute atomic E-state index is 13.1. The van der Waals surface area contributed by atoms with E-state index in [1.54, 1.807) is 0 Å². The standard InChI is InChI=1S/C24H38N4O2/c1-25-15-17-26(18-16-25)13-5-19-30-23-9-7-21(8-10-23)24(29)28-14-4-6-22(28)20-27-11-2-3-12-27/h7-10,22H,2-6,11-20H2,1H3. The maximum atomic E-state index is 13.1. The van der Waals surface area contributed by atoms with Crippen LogP contribution in [-0.4, -0.2) is 104 Å². The Kier molecular flexibility index (Phi) is 7.63. The molecule has 3 fully saturated rings. The van der Waals surface area contributed by atoms with E-state index < -0.39 is 0 Å². The predicted molar refractivity (Wildman–Crippen MR) is 120 cm³/mol. The molecule has 0 spiro atoms. The van der Waals surface area contributed by atoms with E-state index in [-0.39, 0.29) is 5.91 Å². The molecule has 0 N–H and O–H groups in total. The second-order valence-corrected chi connectivity index (χ2v) is 9.17. The zero-order chi connectivity index (χ0) is 20.8. The van der Waals surface area contributed by atoms with Crippen LogP contribution in [0.25, 0.3) is 0 Å². The van der Waals surface area contributed by atoms with Gasteiger partial charge >= 0.3 is 0 Å². The number of hydrogen-bond acceptors (Lipinski definition) is 5. The molecule has 166 valence electrons. The summed E-state index contributed by atoms with van der Waals surface area (Å²) in [4.78, 5) is 22.6. The van der Waals surface area contributed by atoms with Crippen molar-refractivity contribution in [2.45, 2.75) is 38.1 Å². The summed E-state index contributed by atoms with van der Waals surface area (Å²) in [6.07, 6.45) is 5.90. The molecule has 30 heavy (non-hydrogen) atoms. The van der Waals surface area contributed by atoms with E-state index in [4.69, 9.17) is 4.74 Å². The highest BCUT2D eigenvalue weighted by atomic mass is 16.5. The van der Waals surface area contributed by atoms with Gasteiger partial charge in [-0.25, -0.2) is 0 Å². The van der Waals surface area contributed by atoms with Crippen molar-refractivity contribution in [1.29, 1.82) is 0 Å². The van der Waals surface area contributed by atoms with E-state index in [0.29, 0.717) is 6.04 Å². The van der Waals surface area contributed by atoms with Gasteiger partial charge in [0.05, 0.1) is 6.61 Å². The fourth-order valence-corrected chi connectivity index (χ4v) is 4.97. The highest BCUT2D eigenvalue weighted by molar-refractivity contribution is 5.94. The first-order chi connectivity index (χ1) is 14.7. The number of rotatable bonds is 8. The van der Waals surface area contributed by atoms with Crippen molar-refractivity contribution in [2.75, 3.05) is 72.6 Å². The third-order valence-corrected chi connectivity index (χ3v) is 6.89. The Hall–Kier alpha value is -1.63. The van der Waals surface area contributed by atoms with E-state index in [1.165, 1.54) is 25.9 Å². The summed E-state index contributed by atoms with van der Waals surface area (Å²) in [6, 6.07) is 8.15. The predicted octanol–water partition coefficient (Wildman–Crippen LogP) is 2.40. The lowest BCUT2D eigenvalue weighted by Gasteiger charge is -2.32. The topological polar surface area (TPSA) is 39.3 Å². The fraction of sp³-hybridized carbons (Fsp3) is 0.708. The number of nitrogens with zero attached hydrogens (tertiary/aromatic N) is 4. The molecule has 3 aliphatic heterocycles.